The minimum Gasteiger partial charge on any atom is -0.337 e. The molecule has 0 bridgehead atoms. The van der Waals surface area contributed by atoms with Crippen molar-refractivity contribution in [1.82, 2.24) is 30.3 Å². The van der Waals surface area contributed by atoms with Crippen molar-refractivity contribution in [2.45, 2.75) is 44.2 Å². The van der Waals surface area contributed by atoms with Gasteiger partial charge < -0.3 is 15.6 Å². The van der Waals surface area contributed by atoms with Gasteiger partial charge in [-0.05, 0) is 37.0 Å². The molecule has 1 aliphatic carbocycles. The van der Waals surface area contributed by atoms with Gasteiger partial charge in [0.05, 0.1) is 5.69 Å². The number of hydrogen-bond acceptors (Lipinski definition) is 5. The number of carbonyl (C=O) groups is 2. The number of aromatic amines is 1. The van der Waals surface area contributed by atoms with E-state index >= 15 is 0 Å². The Labute approximate surface area is 171 Å². The first-order chi connectivity index (χ1) is 14.5. The van der Waals surface area contributed by atoms with E-state index in [1.807, 2.05) is 6.07 Å². The molecular formula is C20H20FN7O2. The van der Waals surface area contributed by atoms with E-state index in [1.54, 1.807) is 16.8 Å². The van der Waals surface area contributed by atoms with E-state index in [9.17, 15) is 14.0 Å². The fourth-order valence-electron chi connectivity index (χ4n) is 3.52. The van der Waals surface area contributed by atoms with Gasteiger partial charge in [-0.2, -0.15) is 5.10 Å². The average Bonchev–Trinajstić information content (AvgIpc) is 3.38. The Morgan fingerprint density at radius 1 is 1.20 bits per heavy atom. The Morgan fingerprint density at radius 3 is 2.77 bits per heavy atom. The third-order valence-corrected chi connectivity index (χ3v) is 5.33. The molecule has 30 heavy (non-hydrogen) atoms. The third-order valence-electron chi connectivity index (χ3n) is 5.33. The van der Waals surface area contributed by atoms with Crippen LogP contribution in [0.25, 0.3) is 0 Å². The monoisotopic (exact) mass is 409 g/mol. The van der Waals surface area contributed by atoms with Crippen LogP contribution in [-0.2, 0) is 17.8 Å². The molecule has 0 radical (unpaired) electrons. The third kappa shape index (κ3) is 3.80. The van der Waals surface area contributed by atoms with E-state index in [1.165, 1.54) is 12.1 Å². The van der Waals surface area contributed by atoms with Crippen LogP contribution in [0.1, 0.15) is 52.9 Å². The van der Waals surface area contributed by atoms with Gasteiger partial charge in [0.1, 0.15) is 23.5 Å². The summed E-state index contributed by atoms with van der Waals surface area (Å²) in [4.78, 5) is 28.0. The summed E-state index contributed by atoms with van der Waals surface area (Å²) in [5.41, 5.74) is 1.85. The molecule has 1 aliphatic heterocycles. The number of benzene rings is 1. The lowest BCUT2D eigenvalue weighted by Gasteiger charge is -2.13. The first-order valence-electron chi connectivity index (χ1n) is 9.90. The van der Waals surface area contributed by atoms with Gasteiger partial charge in [-0.15, -0.1) is 10.2 Å². The lowest BCUT2D eigenvalue weighted by atomic mass is 10.1. The minimum atomic E-state index is -0.700. The highest BCUT2D eigenvalue weighted by Gasteiger charge is 2.31. The Hall–Kier alpha value is -3.56. The Kier molecular flexibility index (Phi) is 4.53. The molecule has 5 rings (SSSR count). The zero-order valence-electron chi connectivity index (χ0n) is 16.1. The molecule has 3 heterocycles. The highest BCUT2D eigenvalue weighted by Crippen LogP contribution is 2.40. The van der Waals surface area contributed by atoms with Gasteiger partial charge in [0.15, 0.2) is 0 Å². The molecule has 1 saturated carbocycles. The molecule has 1 atom stereocenters. The standard InChI is InChI=1S/C20H20FN7O2/c21-13-5-1-11(2-6-13)9-16-23-18(26-25-16)20(30)22-14-7-8-28-17(24-19(14)29)10-15(27-28)12-3-4-12/h1-2,5-6,10,12,14H,3-4,7-9H2,(H,22,30)(H,24,29)(H,23,25,26)/t14-/m0/s1. The number of hydrogen-bond donors (Lipinski definition) is 3. The normalized spacial score (nSPS) is 18.4. The van der Waals surface area contributed by atoms with Crippen molar-refractivity contribution in [3.05, 3.63) is 59.1 Å². The van der Waals surface area contributed by atoms with Crippen LogP contribution in [0.2, 0.25) is 0 Å². The first-order valence-corrected chi connectivity index (χ1v) is 9.90. The zero-order chi connectivity index (χ0) is 20.7. The Balaban J connectivity index is 1.22. The molecule has 3 aromatic rings. The summed E-state index contributed by atoms with van der Waals surface area (Å²) >= 11 is 0. The molecule has 0 spiro atoms. The van der Waals surface area contributed by atoms with Gasteiger partial charge in [0.2, 0.25) is 11.7 Å². The van der Waals surface area contributed by atoms with Crippen LogP contribution in [0.15, 0.2) is 30.3 Å². The first kappa shape index (κ1) is 18.5. The van der Waals surface area contributed by atoms with Gasteiger partial charge in [-0.25, -0.2) is 9.07 Å². The topological polar surface area (TPSA) is 118 Å². The van der Waals surface area contributed by atoms with Crippen molar-refractivity contribution in [3.8, 4) is 0 Å². The van der Waals surface area contributed by atoms with Crippen LogP contribution >= 0.6 is 0 Å². The summed E-state index contributed by atoms with van der Waals surface area (Å²) in [6, 6.07) is 7.23. The lowest BCUT2D eigenvalue weighted by molar-refractivity contribution is -0.118. The van der Waals surface area contributed by atoms with Gasteiger partial charge >= 0.3 is 0 Å². The number of nitrogens with zero attached hydrogens (tertiary/aromatic N) is 4. The number of halogens is 1. The molecule has 2 aliphatic rings. The number of amides is 2. The quantitative estimate of drug-likeness (QED) is 0.593. The van der Waals surface area contributed by atoms with Crippen LogP contribution in [0.5, 0.6) is 0 Å². The molecule has 0 unspecified atom stereocenters. The highest BCUT2D eigenvalue weighted by molar-refractivity contribution is 5.99. The summed E-state index contributed by atoms with van der Waals surface area (Å²) in [5.74, 6) is 0.570. The van der Waals surface area contributed by atoms with Crippen molar-refractivity contribution < 1.29 is 14.0 Å². The number of anilines is 1. The number of aryl methyl sites for hydroxylation is 1. The summed E-state index contributed by atoms with van der Waals surface area (Å²) in [6.45, 7) is 0.526. The van der Waals surface area contributed by atoms with Crippen molar-refractivity contribution in [3.63, 3.8) is 0 Å². The summed E-state index contributed by atoms with van der Waals surface area (Å²) in [5, 5.41) is 18.0. The van der Waals surface area contributed by atoms with E-state index in [2.05, 4.69) is 30.9 Å². The number of fused-ring (bicyclic) bond motifs is 1. The summed E-state index contributed by atoms with van der Waals surface area (Å²) < 4.78 is 14.8. The Bertz CT molecular complexity index is 1100. The van der Waals surface area contributed by atoms with E-state index in [0.717, 1.165) is 24.1 Å². The number of carbonyl (C=O) groups excluding carboxylic acids is 2. The lowest BCUT2D eigenvalue weighted by Crippen LogP contribution is -2.43. The van der Waals surface area contributed by atoms with Gasteiger partial charge in [0, 0.05) is 24.9 Å². The molecule has 1 fully saturated rings. The molecule has 1 aromatic carbocycles. The van der Waals surface area contributed by atoms with Crippen molar-refractivity contribution in [2.24, 2.45) is 0 Å². The minimum absolute atomic E-state index is 0.0258. The maximum Gasteiger partial charge on any atom is 0.289 e. The molecule has 9 nitrogen and oxygen atoms in total. The second-order valence-corrected chi connectivity index (χ2v) is 7.68. The van der Waals surface area contributed by atoms with E-state index in [-0.39, 0.29) is 17.5 Å². The van der Waals surface area contributed by atoms with Crippen LogP contribution in [0.4, 0.5) is 10.2 Å². The number of aromatic nitrogens is 5. The summed E-state index contributed by atoms with van der Waals surface area (Å²) in [6.07, 6.45) is 3.09. The number of rotatable bonds is 5. The van der Waals surface area contributed by atoms with E-state index in [0.29, 0.717) is 36.9 Å². The predicted molar refractivity (Wildman–Crippen MR) is 104 cm³/mol. The number of nitrogens with one attached hydrogen (secondary N) is 3. The highest BCUT2D eigenvalue weighted by atomic mass is 19.1. The van der Waals surface area contributed by atoms with E-state index < -0.39 is 11.9 Å². The van der Waals surface area contributed by atoms with Gasteiger partial charge in [0.25, 0.3) is 5.91 Å². The molecule has 3 N–H and O–H groups in total. The SMILES string of the molecule is O=C(N[C@H]1CCn2nc(C3CC3)cc2NC1=O)c1nnc(Cc2ccc(F)cc2)[nH]1. The predicted octanol–water partition coefficient (Wildman–Crippen LogP) is 1.75. The van der Waals surface area contributed by atoms with Crippen molar-refractivity contribution in [1.29, 1.82) is 0 Å². The number of H-pyrrole nitrogens is 1. The van der Waals surface area contributed by atoms with E-state index in [4.69, 9.17) is 0 Å². The molecular weight excluding hydrogens is 389 g/mol. The second kappa shape index (κ2) is 7.36. The Morgan fingerprint density at radius 2 is 2.00 bits per heavy atom. The van der Waals surface area contributed by atoms with Crippen LogP contribution in [0.3, 0.4) is 0 Å². The van der Waals surface area contributed by atoms with Crippen molar-refractivity contribution in [2.75, 3.05) is 5.32 Å². The second-order valence-electron chi connectivity index (χ2n) is 7.68. The molecule has 2 aromatic heterocycles. The maximum absolute atomic E-state index is 13.0. The maximum atomic E-state index is 13.0. The molecule has 154 valence electrons. The van der Waals surface area contributed by atoms with Gasteiger partial charge in [-0.3, -0.25) is 9.59 Å². The molecule has 2 amide bonds. The fraction of sp³-hybridized carbons (Fsp3) is 0.350. The average molecular weight is 409 g/mol. The zero-order valence-corrected chi connectivity index (χ0v) is 16.1. The van der Waals surface area contributed by atoms with Crippen LogP contribution in [-0.4, -0.2) is 42.8 Å². The summed E-state index contributed by atoms with van der Waals surface area (Å²) in [7, 11) is 0. The van der Waals surface area contributed by atoms with Crippen LogP contribution < -0.4 is 10.6 Å². The molecule has 10 heteroatoms. The van der Waals surface area contributed by atoms with Crippen LogP contribution in [0, 0.1) is 5.82 Å². The fourth-order valence-corrected chi connectivity index (χ4v) is 3.52. The largest absolute Gasteiger partial charge is 0.337 e. The molecule has 0 saturated heterocycles. The smallest absolute Gasteiger partial charge is 0.289 e. The van der Waals surface area contributed by atoms with Crippen molar-refractivity contribution >= 4 is 17.6 Å². The van der Waals surface area contributed by atoms with Gasteiger partial charge in [-0.1, -0.05) is 12.1 Å².